The first-order chi connectivity index (χ1) is 14.4. The van der Waals surface area contributed by atoms with Gasteiger partial charge in [0.05, 0.1) is 13.1 Å². The lowest BCUT2D eigenvalue weighted by molar-refractivity contribution is -0.125. The van der Waals surface area contributed by atoms with Crippen molar-refractivity contribution in [3.63, 3.8) is 0 Å². The number of nitrogens with one attached hydrogen (secondary N) is 1. The lowest BCUT2D eigenvalue weighted by atomic mass is 9.62. The molecule has 1 aliphatic carbocycles. The molecule has 164 valence electrons. The monoisotopic (exact) mass is 422 g/mol. The second-order valence-corrected chi connectivity index (χ2v) is 10.1. The predicted octanol–water partition coefficient (Wildman–Crippen LogP) is 4.47. The number of aromatic hydroxyl groups is 2. The largest absolute Gasteiger partial charge is 0.507 e. The minimum atomic E-state index is -0.479. The van der Waals surface area contributed by atoms with Crippen LogP contribution in [-0.4, -0.2) is 33.6 Å². The van der Waals surface area contributed by atoms with Crippen molar-refractivity contribution in [3.05, 3.63) is 46.5 Å². The van der Waals surface area contributed by atoms with Crippen molar-refractivity contribution in [2.24, 2.45) is 0 Å². The molecule has 1 fully saturated rings. The summed E-state index contributed by atoms with van der Waals surface area (Å²) >= 11 is 0. The molecule has 3 N–H and O–H groups in total. The topological polar surface area (TPSA) is 89.9 Å². The van der Waals surface area contributed by atoms with Gasteiger partial charge < -0.3 is 15.5 Å². The lowest BCUT2D eigenvalue weighted by Gasteiger charge is -2.42. The van der Waals surface area contributed by atoms with Gasteiger partial charge in [-0.25, -0.2) is 4.79 Å². The molecule has 2 aromatic carbocycles. The zero-order valence-corrected chi connectivity index (χ0v) is 18.8. The highest BCUT2D eigenvalue weighted by Crippen LogP contribution is 2.48. The second kappa shape index (κ2) is 7.01. The van der Waals surface area contributed by atoms with E-state index in [1.165, 1.54) is 17.2 Å². The smallest absolute Gasteiger partial charge is 0.324 e. The number of nitrogens with zero attached hydrogens (tertiary/aromatic N) is 1. The van der Waals surface area contributed by atoms with Gasteiger partial charge in [0.1, 0.15) is 11.5 Å². The maximum absolute atomic E-state index is 12.0. The summed E-state index contributed by atoms with van der Waals surface area (Å²) in [6.07, 6.45) is 2.20. The molecule has 6 heteroatoms. The van der Waals surface area contributed by atoms with Crippen LogP contribution in [0.1, 0.15) is 62.8 Å². The van der Waals surface area contributed by atoms with Crippen molar-refractivity contribution >= 4 is 11.9 Å². The van der Waals surface area contributed by atoms with Crippen LogP contribution in [0.15, 0.2) is 24.3 Å². The Balaban J connectivity index is 1.83. The Morgan fingerprint density at radius 2 is 1.52 bits per heavy atom. The molecule has 0 saturated carbocycles. The number of phenols is 2. The summed E-state index contributed by atoms with van der Waals surface area (Å²) < 4.78 is 0. The minimum Gasteiger partial charge on any atom is -0.507 e. The van der Waals surface area contributed by atoms with Crippen LogP contribution < -0.4 is 5.32 Å². The molecule has 3 amide bonds. The van der Waals surface area contributed by atoms with Crippen LogP contribution in [0.3, 0.4) is 0 Å². The Kier molecular flexibility index (Phi) is 4.80. The van der Waals surface area contributed by atoms with Crippen molar-refractivity contribution in [1.29, 1.82) is 0 Å². The van der Waals surface area contributed by atoms with Gasteiger partial charge in [0.25, 0.3) is 0 Å². The van der Waals surface area contributed by atoms with Gasteiger partial charge in [-0.15, -0.1) is 0 Å². The van der Waals surface area contributed by atoms with Crippen LogP contribution in [-0.2, 0) is 22.2 Å². The van der Waals surface area contributed by atoms with Crippen molar-refractivity contribution in [2.75, 3.05) is 6.54 Å². The van der Waals surface area contributed by atoms with Crippen molar-refractivity contribution in [3.8, 4) is 22.6 Å². The first-order valence-electron chi connectivity index (χ1n) is 10.7. The summed E-state index contributed by atoms with van der Waals surface area (Å²) in [5.41, 5.74) is 5.62. The fourth-order valence-electron chi connectivity index (χ4n) is 4.76. The van der Waals surface area contributed by atoms with Crippen LogP contribution in [0.5, 0.6) is 11.5 Å². The van der Waals surface area contributed by atoms with E-state index in [2.05, 4.69) is 45.1 Å². The van der Waals surface area contributed by atoms with Gasteiger partial charge in [-0.3, -0.25) is 9.69 Å². The van der Waals surface area contributed by atoms with E-state index in [1.54, 1.807) is 6.07 Å². The van der Waals surface area contributed by atoms with E-state index in [0.717, 1.165) is 28.9 Å². The quantitative estimate of drug-likeness (QED) is 0.637. The number of phenolic OH excluding ortho intramolecular Hbond substituents is 2. The molecule has 0 radical (unpaired) electrons. The first-order valence-corrected chi connectivity index (χ1v) is 10.7. The Morgan fingerprint density at radius 3 is 2.10 bits per heavy atom. The number of amides is 3. The molecule has 1 heterocycles. The summed E-state index contributed by atoms with van der Waals surface area (Å²) in [6.45, 7) is 11.0. The third-order valence-corrected chi connectivity index (χ3v) is 6.95. The van der Waals surface area contributed by atoms with Crippen molar-refractivity contribution in [2.45, 2.75) is 64.8 Å². The summed E-state index contributed by atoms with van der Waals surface area (Å²) in [4.78, 5) is 25.0. The number of hydrogen-bond acceptors (Lipinski definition) is 4. The number of urea groups is 1. The minimum absolute atomic E-state index is 0.0166. The van der Waals surface area contributed by atoms with E-state index in [-0.39, 0.29) is 41.3 Å². The fourth-order valence-corrected chi connectivity index (χ4v) is 4.76. The Labute approximate surface area is 182 Å². The Hall–Kier alpha value is -3.02. The van der Waals surface area contributed by atoms with Crippen LogP contribution >= 0.6 is 0 Å². The summed E-state index contributed by atoms with van der Waals surface area (Å²) in [6, 6.07) is 6.87. The molecule has 0 bridgehead atoms. The second-order valence-electron chi connectivity index (χ2n) is 10.1. The number of carbonyl (C=O) groups excluding carboxylic acids is 2. The van der Waals surface area contributed by atoms with Gasteiger partial charge in [0.15, 0.2) is 0 Å². The zero-order valence-electron chi connectivity index (χ0n) is 18.8. The SMILES string of the molecule is Cc1cc2c(cc1-c1cc(CN3C(=O)CNC3=O)c(O)cc1O)C(C)(C)CCC2(C)C. The molecule has 6 nitrogen and oxygen atoms in total. The van der Waals surface area contributed by atoms with E-state index in [1.807, 2.05) is 6.92 Å². The summed E-state index contributed by atoms with van der Waals surface area (Å²) in [5, 5.41) is 23.5. The molecule has 4 rings (SSSR count). The number of imide groups is 1. The number of carbonyl (C=O) groups is 2. The van der Waals surface area contributed by atoms with E-state index in [4.69, 9.17) is 0 Å². The van der Waals surface area contributed by atoms with Crippen LogP contribution in [0.25, 0.3) is 11.1 Å². The molecule has 31 heavy (non-hydrogen) atoms. The third kappa shape index (κ3) is 3.54. The van der Waals surface area contributed by atoms with Gasteiger partial charge >= 0.3 is 6.03 Å². The number of benzene rings is 2. The standard InChI is InChI=1S/C25H30N2O4/c1-14-8-18-19(25(4,5)7-6-24(18,2)3)10-16(14)17-9-15(20(28)11-21(17)29)13-27-22(30)12-26-23(27)31/h8-11,28-29H,6-7,12-13H2,1-5H3,(H,26,31). The fraction of sp³-hybridized carbons (Fsp3) is 0.440. The molecular weight excluding hydrogens is 392 g/mol. The zero-order chi connectivity index (χ0) is 22.7. The van der Waals surface area contributed by atoms with Gasteiger partial charge in [-0.2, -0.15) is 0 Å². The summed E-state index contributed by atoms with van der Waals surface area (Å²) in [7, 11) is 0. The molecule has 1 aliphatic heterocycles. The average molecular weight is 423 g/mol. The molecule has 2 aromatic rings. The average Bonchev–Trinajstić information content (AvgIpc) is 2.99. The van der Waals surface area contributed by atoms with Crippen LogP contribution in [0, 0.1) is 6.92 Å². The maximum Gasteiger partial charge on any atom is 0.324 e. The maximum atomic E-state index is 12.0. The molecule has 1 saturated heterocycles. The molecule has 0 atom stereocenters. The molecule has 0 spiro atoms. The number of hydrogen-bond donors (Lipinski definition) is 3. The van der Waals surface area contributed by atoms with Crippen LogP contribution in [0.2, 0.25) is 0 Å². The number of rotatable bonds is 3. The Bertz CT molecular complexity index is 1090. The lowest BCUT2D eigenvalue weighted by Crippen LogP contribution is -2.34. The van der Waals surface area contributed by atoms with Crippen molar-refractivity contribution < 1.29 is 19.8 Å². The number of aryl methyl sites for hydroxylation is 1. The van der Waals surface area contributed by atoms with E-state index < -0.39 is 6.03 Å². The van der Waals surface area contributed by atoms with Crippen molar-refractivity contribution in [1.82, 2.24) is 10.2 Å². The molecular formula is C25H30N2O4. The van der Waals surface area contributed by atoms with Gasteiger partial charge in [-0.05, 0) is 65.0 Å². The van der Waals surface area contributed by atoms with Crippen LogP contribution in [0.4, 0.5) is 4.79 Å². The molecule has 0 aromatic heterocycles. The van der Waals surface area contributed by atoms with E-state index in [0.29, 0.717) is 11.1 Å². The van der Waals surface area contributed by atoms with Gasteiger partial charge in [0, 0.05) is 17.2 Å². The predicted molar refractivity (Wildman–Crippen MR) is 119 cm³/mol. The highest BCUT2D eigenvalue weighted by molar-refractivity contribution is 6.01. The van der Waals surface area contributed by atoms with E-state index >= 15 is 0 Å². The van der Waals surface area contributed by atoms with E-state index in [9.17, 15) is 19.8 Å². The molecule has 0 unspecified atom stereocenters. The normalized spacial score (nSPS) is 19.3. The summed E-state index contributed by atoms with van der Waals surface area (Å²) in [5.74, 6) is -0.520. The Morgan fingerprint density at radius 1 is 0.903 bits per heavy atom. The molecule has 2 aliphatic rings. The third-order valence-electron chi connectivity index (χ3n) is 6.95. The van der Waals surface area contributed by atoms with Gasteiger partial charge in [0.2, 0.25) is 5.91 Å². The highest BCUT2D eigenvalue weighted by atomic mass is 16.3. The van der Waals surface area contributed by atoms with Gasteiger partial charge in [-0.1, -0.05) is 33.8 Å². The number of fused-ring (bicyclic) bond motifs is 1. The highest BCUT2D eigenvalue weighted by Gasteiger charge is 2.37. The first kappa shape index (κ1) is 21.2.